The zero-order valence-corrected chi connectivity index (χ0v) is 10.3. The molecule has 0 saturated heterocycles. The van der Waals surface area contributed by atoms with Crippen LogP contribution in [0.25, 0.3) is 5.69 Å². The van der Waals surface area contributed by atoms with Gasteiger partial charge in [-0.1, -0.05) is 0 Å². The summed E-state index contributed by atoms with van der Waals surface area (Å²) >= 11 is 3.33. The molecule has 1 heterocycles. The van der Waals surface area contributed by atoms with E-state index >= 15 is 0 Å². The molecule has 0 fully saturated rings. The van der Waals surface area contributed by atoms with Crippen LogP contribution >= 0.6 is 15.9 Å². The monoisotopic (exact) mass is 279 g/mol. The zero-order valence-electron chi connectivity index (χ0n) is 8.68. The molecule has 16 heavy (non-hydrogen) atoms. The number of ether oxygens (including phenoxy) is 1. The molecule has 82 valence electrons. The Labute approximate surface area is 102 Å². The molecule has 0 unspecified atom stereocenters. The molecule has 0 amide bonds. The lowest BCUT2D eigenvalue weighted by atomic mass is 10.2. The number of hydrogen-bond acceptors (Lipinski definition) is 2. The molecule has 2 rings (SSSR count). The second-order valence-corrected chi connectivity index (χ2v) is 4.10. The van der Waals surface area contributed by atoms with Gasteiger partial charge in [-0.05, 0) is 46.3 Å². The molecule has 1 aromatic carbocycles. The number of hydrogen-bond donors (Lipinski definition) is 0. The first-order valence-electron chi connectivity index (χ1n) is 4.73. The van der Waals surface area contributed by atoms with Crippen LogP contribution in [0.4, 0.5) is 0 Å². The van der Waals surface area contributed by atoms with E-state index < -0.39 is 0 Å². The molecule has 0 aliphatic rings. The molecule has 2 aromatic rings. The number of aromatic nitrogens is 1. The summed E-state index contributed by atoms with van der Waals surface area (Å²) in [6, 6.07) is 9.41. The number of benzene rings is 1. The van der Waals surface area contributed by atoms with Gasteiger partial charge in [0.15, 0.2) is 0 Å². The van der Waals surface area contributed by atoms with Gasteiger partial charge in [-0.2, -0.15) is 0 Å². The first-order chi connectivity index (χ1) is 7.72. The van der Waals surface area contributed by atoms with Crippen molar-refractivity contribution in [2.45, 2.75) is 0 Å². The van der Waals surface area contributed by atoms with Crippen LogP contribution in [-0.4, -0.2) is 17.6 Å². The number of carbonyl (C=O) groups is 1. The first kappa shape index (κ1) is 11.0. The Bertz CT molecular complexity index is 506. The van der Waals surface area contributed by atoms with Crippen LogP contribution in [0.2, 0.25) is 0 Å². The fourth-order valence-electron chi connectivity index (χ4n) is 1.45. The standard InChI is InChI=1S/C12H10BrNO2/c1-16-12(15)10-8-9(4-5-11(10)13)14-6-2-3-7-14/h2-8H,1H3. The minimum Gasteiger partial charge on any atom is -0.465 e. The number of carbonyl (C=O) groups excluding carboxylic acids is 1. The molecule has 0 aliphatic carbocycles. The van der Waals surface area contributed by atoms with Crippen molar-refractivity contribution in [1.29, 1.82) is 0 Å². The van der Waals surface area contributed by atoms with Crippen LogP contribution in [0, 0.1) is 0 Å². The molecule has 3 nitrogen and oxygen atoms in total. The summed E-state index contributed by atoms with van der Waals surface area (Å²) in [5, 5.41) is 0. The predicted octanol–water partition coefficient (Wildman–Crippen LogP) is 3.03. The highest BCUT2D eigenvalue weighted by molar-refractivity contribution is 9.10. The van der Waals surface area contributed by atoms with E-state index in [2.05, 4.69) is 15.9 Å². The molecular formula is C12H10BrNO2. The largest absolute Gasteiger partial charge is 0.465 e. The van der Waals surface area contributed by atoms with Crippen molar-refractivity contribution in [1.82, 2.24) is 4.57 Å². The highest BCUT2D eigenvalue weighted by atomic mass is 79.9. The Morgan fingerprint density at radius 2 is 2.00 bits per heavy atom. The number of methoxy groups -OCH3 is 1. The molecular weight excluding hydrogens is 270 g/mol. The highest BCUT2D eigenvalue weighted by Gasteiger charge is 2.11. The average Bonchev–Trinajstić information content (AvgIpc) is 2.82. The fraction of sp³-hybridized carbons (Fsp3) is 0.0833. The second kappa shape index (κ2) is 4.53. The summed E-state index contributed by atoms with van der Waals surface area (Å²) in [7, 11) is 1.37. The Balaban J connectivity index is 2.47. The van der Waals surface area contributed by atoms with Crippen LogP contribution in [0.1, 0.15) is 10.4 Å². The van der Waals surface area contributed by atoms with E-state index in [0.29, 0.717) is 5.56 Å². The molecule has 4 heteroatoms. The lowest BCUT2D eigenvalue weighted by molar-refractivity contribution is 0.0599. The molecule has 1 aromatic heterocycles. The topological polar surface area (TPSA) is 31.2 Å². The Hall–Kier alpha value is -1.55. The van der Waals surface area contributed by atoms with Crippen molar-refractivity contribution in [3.8, 4) is 5.69 Å². The lowest BCUT2D eigenvalue weighted by Gasteiger charge is -2.07. The van der Waals surface area contributed by atoms with Gasteiger partial charge in [0.1, 0.15) is 0 Å². The van der Waals surface area contributed by atoms with E-state index in [1.54, 1.807) is 6.07 Å². The molecule has 0 saturated carbocycles. The van der Waals surface area contributed by atoms with Crippen molar-refractivity contribution >= 4 is 21.9 Å². The number of esters is 1. The molecule has 0 bridgehead atoms. The van der Waals surface area contributed by atoms with Crippen LogP contribution in [-0.2, 0) is 4.74 Å². The van der Waals surface area contributed by atoms with Gasteiger partial charge in [0.25, 0.3) is 0 Å². The van der Waals surface area contributed by atoms with Crippen LogP contribution in [0.3, 0.4) is 0 Å². The molecule has 0 N–H and O–H groups in total. The highest BCUT2D eigenvalue weighted by Crippen LogP contribution is 2.21. The summed E-state index contributed by atoms with van der Waals surface area (Å²) in [6.07, 6.45) is 3.84. The van der Waals surface area contributed by atoms with Crippen molar-refractivity contribution < 1.29 is 9.53 Å². The quantitative estimate of drug-likeness (QED) is 0.792. The summed E-state index contributed by atoms with van der Waals surface area (Å²) < 4.78 is 7.37. The maximum absolute atomic E-state index is 11.5. The van der Waals surface area contributed by atoms with E-state index in [4.69, 9.17) is 4.74 Å². The van der Waals surface area contributed by atoms with Crippen molar-refractivity contribution in [2.75, 3.05) is 7.11 Å². The third-order valence-electron chi connectivity index (χ3n) is 2.26. The molecule has 0 spiro atoms. The average molecular weight is 280 g/mol. The van der Waals surface area contributed by atoms with Gasteiger partial charge < -0.3 is 9.30 Å². The molecule has 0 radical (unpaired) electrons. The maximum atomic E-state index is 11.5. The fourth-order valence-corrected chi connectivity index (χ4v) is 1.86. The van der Waals surface area contributed by atoms with Crippen LogP contribution < -0.4 is 0 Å². The van der Waals surface area contributed by atoms with Crippen molar-refractivity contribution in [3.63, 3.8) is 0 Å². The summed E-state index contributed by atoms with van der Waals surface area (Å²) in [5.41, 5.74) is 1.45. The van der Waals surface area contributed by atoms with Crippen molar-refractivity contribution in [3.05, 3.63) is 52.8 Å². The Kier molecular flexibility index (Phi) is 3.10. The van der Waals surface area contributed by atoms with Gasteiger partial charge in [-0.25, -0.2) is 4.79 Å². The summed E-state index contributed by atoms with van der Waals surface area (Å²) in [4.78, 5) is 11.5. The predicted molar refractivity (Wildman–Crippen MR) is 64.8 cm³/mol. The minimum atomic E-state index is -0.346. The Morgan fingerprint density at radius 3 is 2.62 bits per heavy atom. The number of halogens is 1. The summed E-state index contributed by atoms with van der Waals surface area (Å²) in [6.45, 7) is 0. The third-order valence-corrected chi connectivity index (χ3v) is 2.95. The second-order valence-electron chi connectivity index (χ2n) is 3.25. The minimum absolute atomic E-state index is 0.346. The molecule has 0 aliphatic heterocycles. The van der Waals surface area contributed by atoms with Gasteiger partial charge in [-0.15, -0.1) is 0 Å². The van der Waals surface area contributed by atoms with E-state index in [0.717, 1.165) is 10.2 Å². The zero-order chi connectivity index (χ0) is 11.5. The lowest BCUT2D eigenvalue weighted by Crippen LogP contribution is -2.03. The first-order valence-corrected chi connectivity index (χ1v) is 5.53. The maximum Gasteiger partial charge on any atom is 0.339 e. The van der Waals surface area contributed by atoms with Gasteiger partial charge in [-0.3, -0.25) is 0 Å². The normalized spacial score (nSPS) is 10.1. The van der Waals surface area contributed by atoms with Gasteiger partial charge in [0, 0.05) is 22.6 Å². The number of rotatable bonds is 2. The SMILES string of the molecule is COC(=O)c1cc(-n2cccc2)ccc1Br. The smallest absolute Gasteiger partial charge is 0.339 e. The Morgan fingerprint density at radius 1 is 1.31 bits per heavy atom. The van der Waals surface area contributed by atoms with Crippen LogP contribution in [0.15, 0.2) is 47.2 Å². The van der Waals surface area contributed by atoms with E-state index in [1.165, 1.54) is 7.11 Å². The molecule has 0 atom stereocenters. The third kappa shape index (κ3) is 2.02. The van der Waals surface area contributed by atoms with E-state index in [1.807, 2.05) is 41.2 Å². The van der Waals surface area contributed by atoms with E-state index in [9.17, 15) is 4.79 Å². The summed E-state index contributed by atoms with van der Waals surface area (Å²) in [5.74, 6) is -0.346. The van der Waals surface area contributed by atoms with Gasteiger partial charge in [0.2, 0.25) is 0 Å². The van der Waals surface area contributed by atoms with Gasteiger partial charge in [0.05, 0.1) is 12.7 Å². The van der Waals surface area contributed by atoms with Crippen molar-refractivity contribution in [2.24, 2.45) is 0 Å². The van der Waals surface area contributed by atoms with E-state index in [-0.39, 0.29) is 5.97 Å². The number of nitrogens with zero attached hydrogens (tertiary/aromatic N) is 1. The van der Waals surface area contributed by atoms with Gasteiger partial charge >= 0.3 is 5.97 Å². The van der Waals surface area contributed by atoms with Crippen LogP contribution in [0.5, 0.6) is 0 Å².